The molecule has 0 bridgehead atoms. The number of nitrogens with zero attached hydrogens (tertiary/aromatic N) is 1. The van der Waals surface area contributed by atoms with Gasteiger partial charge in [0.25, 0.3) is 0 Å². The molecule has 0 fully saturated rings. The van der Waals surface area contributed by atoms with Crippen molar-refractivity contribution in [2.75, 3.05) is 26.3 Å². The van der Waals surface area contributed by atoms with Crippen LogP contribution in [-0.4, -0.2) is 54.7 Å². The van der Waals surface area contributed by atoms with Crippen LogP contribution in [0.4, 0.5) is 4.79 Å². The molecule has 0 spiro atoms. The summed E-state index contributed by atoms with van der Waals surface area (Å²) in [7, 11) is 0. The molecule has 0 aliphatic rings. The van der Waals surface area contributed by atoms with Crippen LogP contribution in [0.1, 0.15) is 20.8 Å². The lowest BCUT2D eigenvalue weighted by Crippen LogP contribution is -2.52. The Labute approximate surface area is 130 Å². The second-order valence-electron chi connectivity index (χ2n) is 5.30. The highest BCUT2D eigenvalue weighted by Crippen LogP contribution is 2.12. The monoisotopic (exact) mass is 312 g/mol. The lowest BCUT2D eigenvalue weighted by Gasteiger charge is -2.35. The molecule has 2 amide bonds. The molecule has 7 heteroatoms. The fourth-order valence-corrected chi connectivity index (χ4v) is 1.50. The summed E-state index contributed by atoms with van der Waals surface area (Å²) in [5, 5.41) is 2.64. The summed E-state index contributed by atoms with van der Waals surface area (Å²) in [5.41, 5.74) is -0.456. The van der Waals surface area contributed by atoms with E-state index < -0.39 is 17.5 Å². The Bertz CT molecular complexity index is 426. The summed E-state index contributed by atoms with van der Waals surface area (Å²) in [4.78, 5) is 35.5. The number of carbonyl (C=O) groups excluding carboxylic acids is 3. The Morgan fingerprint density at radius 3 is 2.00 bits per heavy atom. The quantitative estimate of drug-likeness (QED) is 0.414. The van der Waals surface area contributed by atoms with Crippen molar-refractivity contribution in [3.05, 3.63) is 25.3 Å². The summed E-state index contributed by atoms with van der Waals surface area (Å²) >= 11 is 0. The molecule has 0 aliphatic heterocycles. The number of esters is 2. The van der Waals surface area contributed by atoms with E-state index in [1.54, 1.807) is 0 Å². The molecule has 0 unspecified atom stereocenters. The largest absolute Gasteiger partial charge is 0.461 e. The van der Waals surface area contributed by atoms with Crippen LogP contribution in [0.5, 0.6) is 0 Å². The van der Waals surface area contributed by atoms with Gasteiger partial charge in [-0.1, -0.05) is 13.2 Å². The van der Waals surface area contributed by atoms with Crippen LogP contribution < -0.4 is 5.32 Å². The topological polar surface area (TPSA) is 84.9 Å². The maximum atomic E-state index is 12.1. The molecule has 0 radical (unpaired) electrons. The molecular formula is C15H24N2O5. The molecule has 0 aromatic carbocycles. The van der Waals surface area contributed by atoms with Crippen molar-refractivity contribution in [3.8, 4) is 0 Å². The number of amides is 2. The van der Waals surface area contributed by atoms with Gasteiger partial charge < -0.3 is 19.7 Å². The maximum absolute atomic E-state index is 12.1. The molecule has 0 heterocycles. The molecule has 0 atom stereocenters. The Kier molecular flexibility index (Phi) is 8.59. The van der Waals surface area contributed by atoms with Gasteiger partial charge in [-0.25, -0.2) is 14.4 Å². The smallest absolute Gasteiger partial charge is 0.330 e. The zero-order chi connectivity index (χ0) is 17.2. The highest BCUT2D eigenvalue weighted by molar-refractivity contribution is 5.81. The van der Waals surface area contributed by atoms with E-state index in [9.17, 15) is 14.4 Å². The fourth-order valence-electron chi connectivity index (χ4n) is 1.50. The Morgan fingerprint density at radius 2 is 1.55 bits per heavy atom. The van der Waals surface area contributed by atoms with Crippen molar-refractivity contribution in [1.29, 1.82) is 0 Å². The highest BCUT2D eigenvalue weighted by Gasteiger charge is 2.26. The normalized spacial score (nSPS) is 10.3. The molecule has 1 N–H and O–H groups in total. The van der Waals surface area contributed by atoms with E-state index in [4.69, 9.17) is 9.47 Å². The van der Waals surface area contributed by atoms with Crippen molar-refractivity contribution in [3.63, 3.8) is 0 Å². The van der Waals surface area contributed by atoms with Crippen LogP contribution in [-0.2, 0) is 19.1 Å². The zero-order valence-corrected chi connectivity index (χ0v) is 13.4. The molecule has 7 nitrogen and oxygen atoms in total. The van der Waals surface area contributed by atoms with Gasteiger partial charge in [-0.2, -0.15) is 0 Å². The minimum absolute atomic E-state index is 0.0556. The van der Waals surface area contributed by atoms with Gasteiger partial charge in [0.1, 0.15) is 13.2 Å². The van der Waals surface area contributed by atoms with Gasteiger partial charge in [0.2, 0.25) is 0 Å². The standard InChI is InChI=1S/C15H24N2O5/c1-6-12(18)21-10-8-16-14(20)17(15(3,4)5)9-11-22-13(19)7-2/h6-7H,1-2,8-11H2,3-5H3,(H,16,20). The van der Waals surface area contributed by atoms with Crippen molar-refractivity contribution < 1.29 is 23.9 Å². The molecule has 0 saturated carbocycles. The maximum Gasteiger partial charge on any atom is 0.330 e. The average molecular weight is 312 g/mol. The van der Waals surface area contributed by atoms with E-state index in [2.05, 4.69) is 18.5 Å². The van der Waals surface area contributed by atoms with E-state index >= 15 is 0 Å². The molecular weight excluding hydrogens is 288 g/mol. The second kappa shape index (κ2) is 9.59. The predicted octanol–water partition coefficient (Wildman–Crippen LogP) is 1.25. The molecule has 0 aromatic rings. The number of nitrogens with one attached hydrogen (secondary N) is 1. The van der Waals surface area contributed by atoms with E-state index in [0.717, 1.165) is 12.2 Å². The molecule has 124 valence electrons. The fraction of sp³-hybridized carbons (Fsp3) is 0.533. The second-order valence-corrected chi connectivity index (χ2v) is 5.30. The third-order valence-electron chi connectivity index (χ3n) is 2.57. The third kappa shape index (κ3) is 8.08. The van der Waals surface area contributed by atoms with Crippen molar-refractivity contribution in [2.45, 2.75) is 26.3 Å². The Morgan fingerprint density at radius 1 is 1.05 bits per heavy atom. The van der Waals surface area contributed by atoms with Crippen molar-refractivity contribution in [1.82, 2.24) is 10.2 Å². The van der Waals surface area contributed by atoms with Crippen LogP contribution in [0, 0.1) is 0 Å². The molecule has 0 aromatic heterocycles. The van der Waals surface area contributed by atoms with Crippen LogP contribution in [0.2, 0.25) is 0 Å². The van der Waals surface area contributed by atoms with Gasteiger partial charge in [-0.05, 0) is 20.8 Å². The summed E-state index contributed by atoms with van der Waals surface area (Å²) < 4.78 is 9.64. The number of carbonyl (C=O) groups is 3. The highest BCUT2D eigenvalue weighted by atomic mass is 16.5. The zero-order valence-electron chi connectivity index (χ0n) is 13.4. The number of ether oxygens (including phenoxy) is 2. The van der Waals surface area contributed by atoms with Gasteiger partial charge in [0.05, 0.1) is 13.1 Å². The number of hydrogen-bond donors (Lipinski definition) is 1. The van der Waals surface area contributed by atoms with E-state index in [0.29, 0.717) is 0 Å². The molecule has 0 saturated heterocycles. The van der Waals surface area contributed by atoms with Crippen LogP contribution in [0.3, 0.4) is 0 Å². The van der Waals surface area contributed by atoms with E-state index in [1.807, 2.05) is 20.8 Å². The van der Waals surface area contributed by atoms with Crippen LogP contribution >= 0.6 is 0 Å². The third-order valence-corrected chi connectivity index (χ3v) is 2.57. The van der Waals surface area contributed by atoms with Crippen molar-refractivity contribution >= 4 is 18.0 Å². The Balaban J connectivity index is 4.34. The first-order valence-corrected chi connectivity index (χ1v) is 6.86. The van der Waals surface area contributed by atoms with E-state index in [-0.39, 0.29) is 32.3 Å². The average Bonchev–Trinajstić information content (AvgIpc) is 2.45. The summed E-state index contributed by atoms with van der Waals surface area (Å²) in [5.74, 6) is -1.08. The first kappa shape index (κ1) is 19.7. The lowest BCUT2D eigenvalue weighted by molar-refractivity contribution is -0.138. The van der Waals surface area contributed by atoms with Crippen LogP contribution in [0.25, 0.3) is 0 Å². The number of rotatable bonds is 8. The first-order valence-electron chi connectivity index (χ1n) is 6.86. The molecule has 0 aliphatic carbocycles. The summed E-state index contributed by atoms with van der Waals surface area (Å²) in [6.45, 7) is 12.7. The van der Waals surface area contributed by atoms with Gasteiger partial charge in [-0.15, -0.1) is 0 Å². The van der Waals surface area contributed by atoms with Gasteiger partial charge in [-0.3, -0.25) is 0 Å². The van der Waals surface area contributed by atoms with E-state index in [1.165, 1.54) is 4.90 Å². The van der Waals surface area contributed by atoms with Gasteiger partial charge in [0.15, 0.2) is 0 Å². The Hall–Kier alpha value is -2.31. The number of hydrogen-bond acceptors (Lipinski definition) is 5. The summed E-state index contributed by atoms with van der Waals surface area (Å²) in [6, 6.07) is -0.336. The lowest BCUT2D eigenvalue weighted by atomic mass is 10.1. The molecule has 22 heavy (non-hydrogen) atoms. The minimum Gasteiger partial charge on any atom is -0.461 e. The van der Waals surface area contributed by atoms with Gasteiger partial charge >= 0.3 is 18.0 Å². The van der Waals surface area contributed by atoms with Gasteiger partial charge in [0, 0.05) is 17.7 Å². The first-order chi connectivity index (χ1) is 10.2. The number of urea groups is 1. The minimum atomic E-state index is -0.543. The predicted molar refractivity (Wildman–Crippen MR) is 82.2 cm³/mol. The van der Waals surface area contributed by atoms with Crippen LogP contribution in [0.15, 0.2) is 25.3 Å². The SMILES string of the molecule is C=CC(=O)OCCNC(=O)N(CCOC(=O)C=C)C(C)(C)C. The summed E-state index contributed by atoms with van der Waals surface area (Å²) in [6.07, 6.45) is 2.12. The van der Waals surface area contributed by atoms with Crippen molar-refractivity contribution in [2.24, 2.45) is 0 Å². The molecule has 0 rings (SSSR count).